The fraction of sp³-hybridized carbons (Fsp3) is 0.222. The van der Waals surface area contributed by atoms with E-state index in [0.29, 0.717) is 18.7 Å². The highest BCUT2D eigenvalue weighted by Crippen LogP contribution is 2.26. The molecule has 0 aliphatic carbocycles. The second-order valence-electron chi connectivity index (χ2n) is 5.79. The number of hydrogen-bond donors (Lipinski definition) is 1. The summed E-state index contributed by atoms with van der Waals surface area (Å²) < 4.78 is 0. The summed E-state index contributed by atoms with van der Waals surface area (Å²) in [7, 11) is 0. The van der Waals surface area contributed by atoms with Crippen molar-refractivity contribution in [2.75, 3.05) is 18.0 Å². The number of aromatic nitrogens is 1. The van der Waals surface area contributed by atoms with Crippen molar-refractivity contribution in [3.05, 3.63) is 76.0 Å². The average Bonchev–Trinajstić information content (AvgIpc) is 2.65. The second kappa shape index (κ2) is 7.12. The highest BCUT2D eigenvalue weighted by atomic mass is 16.6. The summed E-state index contributed by atoms with van der Waals surface area (Å²) in [6.45, 7) is 5.30. The van der Waals surface area contributed by atoms with E-state index < -0.39 is 0 Å². The molecule has 1 aromatic carbocycles. The number of anilines is 1. The molecule has 7 heteroatoms. The Morgan fingerprint density at radius 2 is 2.20 bits per heavy atom. The van der Waals surface area contributed by atoms with Crippen LogP contribution in [0.15, 0.2) is 49.2 Å². The SMILES string of the molecule is C=CCNC(=O)c1ccc(N2CCc3ccc([N+](=O)[O-])cc3C2)nc1. The minimum absolute atomic E-state index is 0.0998. The molecule has 1 N–H and O–H groups in total. The van der Waals surface area contributed by atoms with Crippen LogP contribution in [0.25, 0.3) is 0 Å². The summed E-state index contributed by atoms with van der Waals surface area (Å²) in [4.78, 5) is 28.9. The van der Waals surface area contributed by atoms with Crippen LogP contribution >= 0.6 is 0 Å². The van der Waals surface area contributed by atoms with Gasteiger partial charge in [0.15, 0.2) is 0 Å². The van der Waals surface area contributed by atoms with Gasteiger partial charge in [-0.15, -0.1) is 6.58 Å². The third-order valence-corrected chi connectivity index (χ3v) is 4.15. The van der Waals surface area contributed by atoms with Gasteiger partial charge in [0, 0.05) is 38.0 Å². The summed E-state index contributed by atoms with van der Waals surface area (Å²) in [5.41, 5.74) is 2.65. The Morgan fingerprint density at radius 3 is 2.88 bits per heavy atom. The monoisotopic (exact) mass is 338 g/mol. The van der Waals surface area contributed by atoms with Crippen LogP contribution in [0.3, 0.4) is 0 Å². The zero-order valence-electron chi connectivity index (χ0n) is 13.6. The van der Waals surface area contributed by atoms with Gasteiger partial charge >= 0.3 is 0 Å². The van der Waals surface area contributed by atoms with Crippen LogP contribution in [0.1, 0.15) is 21.5 Å². The molecular weight excluding hydrogens is 320 g/mol. The number of nitro groups is 1. The summed E-state index contributed by atoms with van der Waals surface area (Å²) in [6, 6.07) is 8.52. The maximum atomic E-state index is 11.9. The molecule has 2 aromatic rings. The number of non-ortho nitro benzene ring substituents is 1. The van der Waals surface area contributed by atoms with Crippen molar-refractivity contribution in [2.45, 2.75) is 13.0 Å². The number of rotatable bonds is 5. The molecule has 128 valence electrons. The molecule has 0 radical (unpaired) electrons. The molecule has 7 nitrogen and oxygen atoms in total. The van der Waals surface area contributed by atoms with E-state index in [4.69, 9.17) is 0 Å². The molecule has 0 atom stereocenters. The van der Waals surface area contributed by atoms with Crippen LogP contribution in [-0.2, 0) is 13.0 Å². The molecule has 0 bridgehead atoms. The Balaban J connectivity index is 1.75. The van der Waals surface area contributed by atoms with Gasteiger partial charge < -0.3 is 10.2 Å². The first-order valence-corrected chi connectivity index (χ1v) is 7.95. The van der Waals surface area contributed by atoms with Gasteiger partial charge in [0.2, 0.25) is 0 Å². The zero-order valence-corrected chi connectivity index (χ0v) is 13.6. The van der Waals surface area contributed by atoms with Gasteiger partial charge in [0.1, 0.15) is 5.82 Å². The maximum absolute atomic E-state index is 11.9. The first-order chi connectivity index (χ1) is 12.1. The van der Waals surface area contributed by atoms with Crippen LogP contribution in [0.4, 0.5) is 11.5 Å². The molecule has 1 aliphatic heterocycles. The Bertz CT molecular complexity index is 818. The number of carbonyl (C=O) groups is 1. The van der Waals surface area contributed by atoms with Crippen molar-refractivity contribution in [3.8, 4) is 0 Å². The van der Waals surface area contributed by atoms with Gasteiger partial charge in [-0.25, -0.2) is 4.98 Å². The Morgan fingerprint density at radius 1 is 1.36 bits per heavy atom. The predicted octanol–water partition coefficient (Wildman–Crippen LogP) is 2.47. The number of hydrogen-bond acceptors (Lipinski definition) is 5. The largest absolute Gasteiger partial charge is 0.352 e. The number of pyridine rings is 1. The lowest BCUT2D eigenvalue weighted by Crippen LogP contribution is -2.31. The Kier molecular flexibility index (Phi) is 4.74. The number of amides is 1. The van der Waals surface area contributed by atoms with Crippen molar-refractivity contribution in [1.82, 2.24) is 10.3 Å². The van der Waals surface area contributed by atoms with Crippen molar-refractivity contribution in [1.29, 1.82) is 0 Å². The molecule has 1 amide bonds. The lowest BCUT2D eigenvalue weighted by atomic mass is 9.99. The Hall–Kier alpha value is -3.22. The zero-order chi connectivity index (χ0) is 17.8. The molecule has 0 saturated heterocycles. The first kappa shape index (κ1) is 16.6. The van der Waals surface area contributed by atoms with Crippen LogP contribution in [0.5, 0.6) is 0 Å². The Labute approximate surface area is 145 Å². The predicted molar refractivity (Wildman–Crippen MR) is 94.6 cm³/mol. The van der Waals surface area contributed by atoms with E-state index in [2.05, 4.69) is 21.8 Å². The lowest BCUT2D eigenvalue weighted by molar-refractivity contribution is -0.384. The van der Waals surface area contributed by atoms with Gasteiger partial charge in [-0.05, 0) is 29.7 Å². The third kappa shape index (κ3) is 3.65. The number of nitrogens with one attached hydrogen (secondary N) is 1. The molecular formula is C18H18N4O3. The van der Waals surface area contributed by atoms with Crippen molar-refractivity contribution >= 4 is 17.4 Å². The molecule has 2 heterocycles. The van der Waals surface area contributed by atoms with Gasteiger partial charge in [-0.1, -0.05) is 12.1 Å². The van der Waals surface area contributed by atoms with Crippen molar-refractivity contribution < 1.29 is 9.72 Å². The van der Waals surface area contributed by atoms with Crippen molar-refractivity contribution in [3.63, 3.8) is 0 Å². The molecule has 0 fully saturated rings. The van der Waals surface area contributed by atoms with E-state index in [1.165, 1.54) is 6.20 Å². The molecule has 1 aromatic heterocycles. The van der Waals surface area contributed by atoms with Crippen molar-refractivity contribution in [2.24, 2.45) is 0 Å². The normalized spacial score (nSPS) is 13.0. The number of benzene rings is 1. The van der Waals surface area contributed by atoms with E-state index in [1.54, 1.807) is 30.3 Å². The van der Waals surface area contributed by atoms with Gasteiger partial charge in [-0.2, -0.15) is 0 Å². The number of carbonyl (C=O) groups excluding carboxylic acids is 1. The summed E-state index contributed by atoms with van der Waals surface area (Å²) in [5.74, 6) is 0.552. The van der Waals surface area contributed by atoms with E-state index in [9.17, 15) is 14.9 Å². The van der Waals surface area contributed by atoms with Crippen LogP contribution in [-0.4, -0.2) is 28.9 Å². The second-order valence-corrected chi connectivity index (χ2v) is 5.79. The van der Waals surface area contributed by atoms with Gasteiger partial charge in [0.05, 0.1) is 10.5 Å². The molecule has 0 saturated carbocycles. The lowest BCUT2D eigenvalue weighted by Gasteiger charge is -2.29. The summed E-state index contributed by atoms with van der Waals surface area (Å²) in [6.07, 6.45) is 3.96. The smallest absolute Gasteiger partial charge is 0.269 e. The van der Waals surface area contributed by atoms with Crippen LogP contribution in [0, 0.1) is 10.1 Å². The summed E-state index contributed by atoms with van der Waals surface area (Å²) >= 11 is 0. The highest BCUT2D eigenvalue weighted by molar-refractivity contribution is 5.94. The number of fused-ring (bicyclic) bond motifs is 1. The van der Waals surface area contributed by atoms with E-state index in [-0.39, 0.29) is 16.5 Å². The number of nitro benzene ring substituents is 1. The summed E-state index contributed by atoms with van der Waals surface area (Å²) in [5, 5.41) is 13.7. The molecule has 1 aliphatic rings. The standard InChI is InChI=1S/C18H18N4O3/c1-2-8-19-18(23)14-4-6-17(20-11-14)21-9-7-13-3-5-16(22(24)25)10-15(13)12-21/h2-6,10-11H,1,7-9,12H2,(H,19,23). The fourth-order valence-corrected chi connectivity index (χ4v) is 2.83. The quantitative estimate of drug-likeness (QED) is 0.514. The first-order valence-electron chi connectivity index (χ1n) is 7.95. The maximum Gasteiger partial charge on any atom is 0.269 e. The highest BCUT2D eigenvalue weighted by Gasteiger charge is 2.20. The molecule has 0 unspecified atom stereocenters. The molecule has 25 heavy (non-hydrogen) atoms. The van der Waals surface area contributed by atoms with E-state index >= 15 is 0 Å². The fourth-order valence-electron chi connectivity index (χ4n) is 2.83. The van der Waals surface area contributed by atoms with Crippen LogP contribution < -0.4 is 10.2 Å². The molecule has 0 spiro atoms. The topological polar surface area (TPSA) is 88.4 Å². The molecule has 3 rings (SSSR count). The van der Waals surface area contributed by atoms with E-state index in [1.807, 2.05) is 6.07 Å². The minimum Gasteiger partial charge on any atom is -0.352 e. The average molecular weight is 338 g/mol. The minimum atomic E-state index is -0.381. The third-order valence-electron chi connectivity index (χ3n) is 4.15. The van der Waals surface area contributed by atoms with E-state index in [0.717, 1.165) is 29.9 Å². The van der Waals surface area contributed by atoms with Crippen LogP contribution in [0.2, 0.25) is 0 Å². The van der Waals surface area contributed by atoms with Gasteiger partial charge in [0.25, 0.3) is 11.6 Å². The van der Waals surface area contributed by atoms with Gasteiger partial charge in [-0.3, -0.25) is 14.9 Å². The number of nitrogens with zero attached hydrogens (tertiary/aromatic N) is 3.